The van der Waals surface area contributed by atoms with Gasteiger partial charge < -0.3 is 19.9 Å². The molecule has 2 aliphatic rings. The molecule has 1 heterocycles. The van der Waals surface area contributed by atoms with Crippen LogP contribution in [0.2, 0.25) is 0 Å². The SMILES string of the molecule is CCOc1ccc(NC(=O)c2ccc(CN3CCN(C4CCCC4)C(=O)C3=O)cc2)cc1. The van der Waals surface area contributed by atoms with Gasteiger partial charge in [-0.3, -0.25) is 14.4 Å². The van der Waals surface area contributed by atoms with E-state index in [2.05, 4.69) is 5.32 Å². The minimum Gasteiger partial charge on any atom is -0.494 e. The molecular weight excluding hydrogens is 406 g/mol. The van der Waals surface area contributed by atoms with Crippen LogP contribution < -0.4 is 10.1 Å². The normalized spacial score (nSPS) is 17.0. The predicted octanol–water partition coefficient (Wildman–Crippen LogP) is 3.45. The molecule has 3 amide bonds. The molecule has 2 fully saturated rings. The molecule has 7 nitrogen and oxygen atoms in total. The van der Waals surface area contributed by atoms with Crippen LogP contribution in [0.4, 0.5) is 5.69 Å². The molecule has 0 atom stereocenters. The van der Waals surface area contributed by atoms with Gasteiger partial charge in [-0.25, -0.2) is 0 Å². The summed E-state index contributed by atoms with van der Waals surface area (Å²) < 4.78 is 5.41. The average Bonchev–Trinajstić information content (AvgIpc) is 3.34. The maximum absolute atomic E-state index is 12.6. The Balaban J connectivity index is 1.33. The summed E-state index contributed by atoms with van der Waals surface area (Å²) in [6, 6.07) is 14.6. The molecule has 2 aromatic carbocycles. The summed E-state index contributed by atoms with van der Waals surface area (Å²) in [5, 5.41) is 2.86. The molecule has 0 radical (unpaired) electrons. The molecule has 1 aliphatic heterocycles. The van der Waals surface area contributed by atoms with Crippen molar-refractivity contribution in [1.82, 2.24) is 9.80 Å². The molecule has 1 aliphatic carbocycles. The van der Waals surface area contributed by atoms with E-state index >= 15 is 0 Å². The number of anilines is 1. The van der Waals surface area contributed by atoms with Crippen molar-refractivity contribution in [2.45, 2.75) is 45.2 Å². The van der Waals surface area contributed by atoms with Crippen molar-refractivity contribution in [2.24, 2.45) is 0 Å². The third kappa shape index (κ3) is 4.93. The summed E-state index contributed by atoms with van der Waals surface area (Å²) in [5.74, 6) is -0.265. The van der Waals surface area contributed by atoms with Gasteiger partial charge in [-0.2, -0.15) is 0 Å². The van der Waals surface area contributed by atoms with Gasteiger partial charge in [-0.05, 0) is 61.7 Å². The van der Waals surface area contributed by atoms with E-state index in [0.717, 1.165) is 37.0 Å². The lowest BCUT2D eigenvalue weighted by Crippen LogP contribution is -2.56. The van der Waals surface area contributed by atoms with Crippen LogP contribution in [0, 0.1) is 0 Å². The smallest absolute Gasteiger partial charge is 0.312 e. The molecule has 1 N–H and O–H groups in total. The zero-order chi connectivity index (χ0) is 22.5. The second-order valence-electron chi connectivity index (χ2n) is 8.27. The Hall–Kier alpha value is -3.35. The van der Waals surface area contributed by atoms with Crippen LogP contribution in [-0.4, -0.2) is 53.3 Å². The zero-order valence-corrected chi connectivity index (χ0v) is 18.4. The van der Waals surface area contributed by atoms with E-state index in [-0.39, 0.29) is 17.9 Å². The lowest BCUT2D eigenvalue weighted by atomic mass is 10.1. The van der Waals surface area contributed by atoms with Gasteiger partial charge in [-0.1, -0.05) is 25.0 Å². The lowest BCUT2D eigenvalue weighted by Gasteiger charge is -2.37. The Morgan fingerprint density at radius 3 is 2.31 bits per heavy atom. The van der Waals surface area contributed by atoms with Gasteiger partial charge in [0.2, 0.25) is 0 Å². The monoisotopic (exact) mass is 435 g/mol. The number of piperazine rings is 1. The molecule has 32 heavy (non-hydrogen) atoms. The summed E-state index contributed by atoms with van der Waals surface area (Å²) in [5.41, 5.74) is 2.10. The number of nitrogens with zero attached hydrogens (tertiary/aromatic N) is 2. The van der Waals surface area contributed by atoms with Crippen LogP contribution >= 0.6 is 0 Å². The van der Waals surface area contributed by atoms with Crippen molar-refractivity contribution in [3.63, 3.8) is 0 Å². The van der Waals surface area contributed by atoms with Gasteiger partial charge in [0.05, 0.1) is 6.61 Å². The van der Waals surface area contributed by atoms with Crippen molar-refractivity contribution in [3.05, 3.63) is 59.7 Å². The molecule has 7 heteroatoms. The number of rotatable bonds is 7. The molecule has 168 valence electrons. The number of amides is 3. The highest BCUT2D eigenvalue weighted by molar-refractivity contribution is 6.35. The summed E-state index contributed by atoms with van der Waals surface area (Å²) in [6.07, 6.45) is 4.26. The summed E-state index contributed by atoms with van der Waals surface area (Å²) in [7, 11) is 0. The standard InChI is InChI=1S/C25H29N3O4/c1-2-32-22-13-11-20(12-14-22)26-23(29)19-9-7-18(8-10-19)17-27-15-16-28(25(31)24(27)30)21-5-3-4-6-21/h7-14,21H,2-6,15-17H2,1H3,(H,26,29). The van der Waals surface area contributed by atoms with Gasteiger partial charge in [0, 0.05) is 36.9 Å². The van der Waals surface area contributed by atoms with Crippen LogP contribution in [0.25, 0.3) is 0 Å². The summed E-state index contributed by atoms with van der Waals surface area (Å²) in [4.78, 5) is 41.1. The van der Waals surface area contributed by atoms with Gasteiger partial charge in [0.15, 0.2) is 0 Å². The van der Waals surface area contributed by atoms with Crippen molar-refractivity contribution < 1.29 is 19.1 Å². The fraction of sp³-hybridized carbons (Fsp3) is 0.400. The molecular formula is C25H29N3O4. The van der Waals surface area contributed by atoms with Gasteiger partial charge >= 0.3 is 11.8 Å². The van der Waals surface area contributed by atoms with E-state index in [1.54, 1.807) is 34.1 Å². The largest absolute Gasteiger partial charge is 0.494 e. The first-order valence-electron chi connectivity index (χ1n) is 11.3. The fourth-order valence-corrected chi connectivity index (χ4v) is 4.39. The van der Waals surface area contributed by atoms with Crippen LogP contribution in [0.1, 0.15) is 48.5 Å². The molecule has 1 saturated carbocycles. The van der Waals surface area contributed by atoms with Crippen LogP contribution in [0.5, 0.6) is 5.75 Å². The number of nitrogens with one attached hydrogen (secondary N) is 1. The Kier molecular flexibility index (Phi) is 6.73. The zero-order valence-electron chi connectivity index (χ0n) is 18.4. The van der Waals surface area contributed by atoms with Crippen LogP contribution in [0.3, 0.4) is 0 Å². The fourth-order valence-electron chi connectivity index (χ4n) is 4.39. The predicted molar refractivity (Wildman–Crippen MR) is 121 cm³/mol. The first-order chi connectivity index (χ1) is 15.5. The number of carbonyl (C=O) groups is 3. The third-order valence-electron chi connectivity index (χ3n) is 6.12. The Bertz CT molecular complexity index is 966. The minimum absolute atomic E-state index is 0.211. The molecule has 0 aromatic heterocycles. The highest BCUT2D eigenvalue weighted by Crippen LogP contribution is 2.25. The van der Waals surface area contributed by atoms with E-state index < -0.39 is 5.91 Å². The van der Waals surface area contributed by atoms with Crippen LogP contribution in [-0.2, 0) is 16.1 Å². The number of ether oxygens (including phenoxy) is 1. The second kappa shape index (κ2) is 9.85. The topological polar surface area (TPSA) is 79.0 Å². The van der Waals surface area contributed by atoms with E-state index in [1.807, 2.05) is 31.2 Å². The van der Waals surface area contributed by atoms with E-state index in [9.17, 15) is 14.4 Å². The first-order valence-corrected chi connectivity index (χ1v) is 11.3. The van der Waals surface area contributed by atoms with Crippen molar-refractivity contribution in [2.75, 3.05) is 25.0 Å². The van der Waals surface area contributed by atoms with Gasteiger partial charge in [0.25, 0.3) is 5.91 Å². The number of hydrogen-bond acceptors (Lipinski definition) is 4. The van der Waals surface area contributed by atoms with E-state index in [0.29, 0.717) is 37.5 Å². The molecule has 4 rings (SSSR count). The Labute approximate surface area is 188 Å². The minimum atomic E-state index is -0.430. The van der Waals surface area contributed by atoms with Crippen LogP contribution in [0.15, 0.2) is 48.5 Å². The molecule has 0 spiro atoms. The quantitative estimate of drug-likeness (QED) is 0.676. The highest BCUT2D eigenvalue weighted by Gasteiger charge is 2.37. The maximum atomic E-state index is 12.6. The molecule has 0 bridgehead atoms. The first kappa shape index (κ1) is 21.9. The summed E-state index contributed by atoms with van der Waals surface area (Å²) >= 11 is 0. The molecule has 0 unspecified atom stereocenters. The maximum Gasteiger partial charge on any atom is 0.312 e. The van der Waals surface area contributed by atoms with Crippen molar-refractivity contribution >= 4 is 23.4 Å². The molecule has 1 saturated heterocycles. The van der Waals surface area contributed by atoms with Crippen molar-refractivity contribution in [3.8, 4) is 5.75 Å². The Morgan fingerprint density at radius 1 is 0.969 bits per heavy atom. The highest BCUT2D eigenvalue weighted by atomic mass is 16.5. The second-order valence-corrected chi connectivity index (χ2v) is 8.27. The average molecular weight is 436 g/mol. The molecule has 2 aromatic rings. The number of hydrogen-bond donors (Lipinski definition) is 1. The third-order valence-corrected chi connectivity index (χ3v) is 6.12. The van der Waals surface area contributed by atoms with Gasteiger partial charge in [0.1, 0.15) is 5.75 Å². The Morgan fingerprint density at radius 2 is 1.66 bits per heavy atom. The lowest BCUT2D eigenvalue weighted by molar-refractivity contribution is -0.158. The van der Waals surface area contributed by atoms with E-state index in [1.165, 1.54) is 0 Å². The summed E-state index contributed by atoms with van der Waals surface area (Å²) in [6.45, 7) is 4.01. The number of carbonyl (C=O) groups excluding carboxylic acids is 3. The van der Waals surface area contributed by atoms with Crippen molar-refractivity contribution in [1.29, 1.82) is 0 Å². The number of benzene rings is 2. The van der Waals surface area contributed by atoms with E-state index in [4.69, 9.17) is 4.74 Å². The van der Waals surface area contributed by atoms with Gasteiger partial charge in [-0.15, -0.1) is 0 Å².